The lowest BCUT2D eigenvalue weighted by Crippen LogP contribution is -2.39. The Morgan fingerprint density at radius 2 is 0.620 bits per heavy atom. The van der Waals surface area contributed by atoms with Crippen LogP contribution in [0.15, 0.2) is 48.6 Å². The normalized spacial score (nSPS) is 11.1. The summed E-state index contributed by atoms with van der Waals surface area (Å²) in [4.78, 5) is 72.9. The second-order valence-electron chi connectivity index (χ2n) is 13.1. The summed E-state index contributed by atoms with van der Waals surface area (Å²) in [5, 5.41) is 0. The van der Waals surface area contributed by atoms with Gasteiger partial charge in [-0.1, -0.05) is 65.8 Å². The summed E-state index contributed by atoms with van der Waals surface area (Å²) in [5.41, 5.74) is -0.943. The second-order valence-corrected chi connectivity index (χ2v) is 13.1. The Morgan fingerprint density at radius 1 is 0.400 bits per heavy atom. The number of rotatable bonds is 27. The Labute approximate surface area is 297 Å². The summed E-state index contributed by atoms with van der Waals surface area (Å²) in [6.45, 7) is 23.3. The van der Waals surface area contributed by atoms with Crippen molar-refractivity contribution in [2.75, 3.05) is 39.6 Å². The van der Waals surface area contributed by atoms with Gasteiger partial charge in [-0.15, -0.1) is 0 Å². The number of hydrogen-bond donors (Lipinski definition) is 0. The third-order valence-corrected chi connectivity index (χ3v) is 8.02. The van der Waals surface area contributed by atoms with E-state index in [1.807, 2.05) is 13.8 Å². The Bertz CT molecular complexity index is 1070. The molecule has 0 unspecified atom stereocenters. The standard InChI is InChI=1S/C38H58O12/c1-11-37(23-47-33(41)27(3)4,24-48-34(42)28(5)6)21-45-31(39)19-17-15-13-14-16-18-20-32(40)46-22-38(12-2,25-49-35(43)29(7)8)26-50-36(44)30(9)10/h3,5,7,9,11-26H2,1-2,4,6,8,10H3. The number of unbranched alkanes of at least 4 members (excludes halogenated alkanes) is 5. The number of ether oxygens (including phenoxy) is 6. The minimum absolute atomic E-state index is 0.0932. The highest BCUT2D eigenvalue weighted by Crippen LogP contribution is 2.27. The summed E-state index contributed by atoms with van der Waals surface area (Å²) in [6, 6.07) is 0. The molecule has 50 heavy (non-hydrogen) atoms. The van der Waals surface area contributed by atoms with Crippen molar-refractivity contribution in [1.82, 2.24) is 0 Å². The molecule has 0 N–H and O–H groups in total. The monoisotopic (exact) mass is 706 g/mol. The average molecular weight is 707 g/mol. The molecule has 0 atom stereocenters. The zero-order valence-corrected chi connectivity index (χ0v) is 31.0. The summed E-state index contributed by atoms with van der Waals surface area (Å²) >= 11 is 0. The molecular weight excluding hydrogens is 648 g/mol. The lowest BCUT2D eigenvalue weighted by Gasteiger charge is -2.31. The zero-order chi connectivity index (χ0) is 38.3. The van der Waals surface area contributed by atoms with Crippen molar-refractivity contribution in [3.8, 4) is 0 Å². The Balaban J connectivity index is 4.67. The Hall–Kier alpha value is -4.22. The van der Waals surface area contributed by atoms with Crippen LogP contribution in [0.25, 0.3) is 0 Å². The maximum absolute atomic E-state index is 12.5. The van der Waals surface area contributed by atoms with E-state index in [0.29, 0.717) is 25.7 Å². The fourth-order valence-electron chi connectivity index (χ4n) is 4.09. The van der Waals surface area contributed by atoms with Crippen LogP contribution in [-0.4, -0.2) is 75.5 Å². The van der Waals surface area contributed by atoms with Gasteiger partial charge in [-0.05, 0) is 53.4 Å². The molecule has 0 bridgehead atoms. The van der Waals surface area contributed by atoms with Gasteiger partial charge < -0.3 is 28.4 Å². The molecule has 0 aromatic heterocycles. The van der Waals surface area contributed by atoms with E-state index in [9.17, 15) is 28.8 Å². The minimum atomic E-state index is -0.917. The first kappa shape index (κ1) is 45.8. The Kier molecular flexibility index (Phi) is 22.0. The highest BCUT2D eigenvalue weighted by Gasteiger charge is 2.35. The van der Waals surface area contributed by atoms with E-state index in [-0.39, 0.29) is 74.8 Å². The maximum Gasteiger partial charge on any atom is 0.333 e. The molecule has 0 saturated heterocycles. The van der Waals surface area contributed by atoms with Gasteiger partial charge in [-0.25, -0.2) is 19.2 Å². The van der Waals surface area contributed by atoms with Crippen LogP contribution < -0.4 is 0 Å². The average Bonchev–Trinajstić information content (AvgIpc) is 3.08. The van der Waals surface area contributed by atoms with Gasteiger partial charge in [0, 0.05) is 35.1 Å². The van der Waals surface area contributed by atoms with Gasteiger partial charge in [0.25, 0.3) is 0 Å². The number of esters is 6. The van der Waals surface area contributed by atoms with Crippen molar-refractivity contribution in [1.29, 1.82) is 0 Å². The molecule has 0 aliphatic rings. The van der Waals surface area contributed by atoms with Crippen molar-refractivity contribution in [2.24, 2.45) is 10.8 Å². The first-order valence-electron chi connectivity index (χ1n) is 17.0. The van der Waals surface area contributed by atoms with Gasteiger partial charge in [-0.3, -0.25) is 9.59 Å². The molecule has 0 aromatic carbocycles. The van der Waals surface area contributed by atoms with E-state index in [2.05, 4.69) is 26.3 Å². The largest absolute Gasteiger partial charge is 0.465 e. The first-order valence-corrected chi connectivity index (χ1v) is 17.0. The van der Waals surface area contributed by atoms with Crippen LogP contribution in [0.1, 0.15) is 106 Å². The van der Waals surface area contributed by atoms with Crippen LogP contribution >= 0.6 is 0 Å². The smallest absolute Gasteiger partial charge is 0.333 e. The molecule has 0 saturated carbocycles. The van der Waals surface area contributed by atoms with Crippen molar-refractivity contribution < 1.29 is 57.2 Å². The minimum Gasteiger partial charge on any atom is -0.465 e. The topological polar surface area (TPSA) is 158 Å². The summed E-state index contributed by atoms with van der Waals surface area (Å²) in [6.07, 6.45) is 5.74. The number of carbonyl (C=O) groups is 6. The lowest BCUT2D eigenvalue weighted by atomic mass is 9.88. The van der Waals surface area contributed by atoms with Gasteiger partial charge in [0.1, 0.15) is 39.6 Å². The van der Waals surface area contributed by atoms with Crippen molar-refractivity contribution in [2.45, 2.75) is 106 Å². The van der Waals surface area contributed by atoms with E-state index >= 15 is 0 Å². The van der Waals surface area contributed by atoms with Crippen LogP contribution in [-0.2, 0) is 57.2 Å². The Morgan fingerprint density at radius 3 is 0.840 bits per heavy atom. The van der Waals surface area contributed by atoms with Crippen LogP contribution in [0.2, 0.25) is 0 Å². The lowest BCUT2D eigenvalue weighted by molar-refractivity contribution is -0.161. The fraction of sp³-hybridized carbons (Fsp3) is 0.632. The fourth-order valence-corrected chi connectivity index (χ4v) is 4.09. The van der Waals surface area contributed by atoms with E-state index in [0.717, 1.165) is 25.7 Å². The molecule has 0 fully saturated rings. The molecule has 12 heteroatoms. The summed E-state index contributed by atoms with van der Waals surface area (Å²) in [5.74, 6) is -3.17. The third-order valence-electron chi connectivity index (χ3n) is 8.02. The van der Waals surface area contributed by atoms with Crippen molar-refractivity contribution in [3.63, 3.8) is 0 Å². The van der Waals surface area contributed by atoms with Gasteiger partial charge in [0.15, 0.2) is 0 Å². The summed E-state index contributed by atoms with van der Waals surface area (Å²) in [7, 11) is 0. The first-order chi connectivity index (χ1) is 23.4. The molecule has 0 spiro atoms. The van der Waals surface area contributed by atoms with Crippen LogP contribution in [0.4, 0.5) is 0 Å². The van der Waals surface area contributed by atoms with E-state index in [1.54, 1.807) is 0 Å². The van der Waals surface area contributed by atoms with Gasteiger partial charge in [-0.2, -0.15) is 0 Å². The number of carbonyl (C=O) groups excluding carboxylic acids is 6. The van der Waals surface area contributed by atoms with E-state index in [1.165, 1.54) is 27.7 Å². The molecule has 0 aliphatic heterocycles. The van der Waals surface area contributed by atoms with E-state index in [4.69, 9.17) is 28.4 Å². The second kappa shape index (κ2) is 24.0. The molecule has 0 aromatic rings. The predicted octanol–water partition coefficient (Wildman–Crippen LogP) is 6.46. The molecule has 0 heterocycles. The molecule has 0 aliphatic carbocycles. The highest BCUT2D eigenvalue weighted by molar-refractivity contribution is 5.88. The molecule has 0 amide bonds. The summed E-state index contributed by atoms with van der Waals surface area (Å²) < 4.78 is 32.3. The maximum atomic E-state index is 12.5. The molecule has 0 radical (unpaired) electrons. The van der Waals surface area contributed by atoms with Gasteiger partial charge >= 0.3 is 35.8 Å². The van der Waals surface area contributed by atoms with Crippen molar-refractivity contribution >= 4 is 35.8 Å². The van der Waals surface area contributed by atoms with E-state index < -0.39 is 46.6 Å². The van der Waals surface area contributed by atoms with Crippen LogP contribution in [0.5, 0.6) is 0 Å². The zero-order valence-electron chi connectivity index (χ0n) is 31.0. The van der Waals surface area contributed by atoms with Crippen LogP contribution in [0.3, 0.4) is 0 Å². The molecule has 12 nitrogen and oxygen atoms in total. The quantitative estimate of drug-likeness (QED) is 0.0398. The number of hydrogen-bond acceptors (Lipinski definition) is 12. The SMILES string of the molecule is C=C(C)C(=O)OCC(CC)(COC(=O)CCCCCCCCC(=O)OCC(CC)(COC(=O)C(=C)C)COC(=O)C(=C)C)COC(=O)C(=C)C. The van der Waals surface area contributed by atoms with Gasteiger partial charge in [0.2, 0.25) is 0 Å². The highest BCUT2D eigenvalue weighted by atomic mass is 16.6. The predicted molar refractivity (Wildman–Crippen MR) is 187 cm³/mol. The van der Waals surface area contributed by atoms with Crippen molar-refractivity contribution in [3.05, 3.63) is 48.6 Å². The molecule has 0 rings (SSSR count). The molecule has 282 valence electrons. The van der Waals surface area contributed by atoms with Gasteiger partial charge in [0.05, 0.1) is 10.8 Å². The van der Waals surface area contributed by atoms with Crippen LogP contribution in [0, 0.1) is 10.8 Å². The third kappa shape index (κ3) is 19.1. The molecular formula is C38H58O12.